The van der Waals surface area contributed by atoms with Crippen LogP contribution in [0.4, 0.5) is 0 Å². The van der Waals surface area contributed by atoms with Crippen LogP contribution in [0.5, 0.6) is 5.75 Å². The van der Waals surface area contributed by atoms with Gasteiger partial charge in [0.2, 0.25) is 5.91 Å². The zero-order chi connectivity index (χ0) is 14.3. The van der Waals surface area contributed by atoms with E-state index in [4.69, 9.17) is 4.74 Å². The molecule has 0 spiro atoms. The molecule has 1 atom stereocenters. The van der Waals surface area contributed by atoms with Gasteiger partial charge in [0.1, 0.15) is 12.4 Å². The molecule has 1 rings (SSSR count). The van der Waals surface area contributed by atoms with Crippen LogP contribution in [-0.4, -0.2) is 37.9 Å². The topological polar surface area (TPSA) is 64.6 Å². The van der Waals surface area contributed by atoms with Crippen molar-refractivity contribution in [3.8, 4) is 5.75 Å². The first-order valence-electron chi connectivity index (χ1n) is 5.68. The van der Waals surface area contributed by atoms with Crippen molar-refractivity contribution in [2.75, 3.05) is 20.0 Å². The number of benzene rings is 1. The van der Waals surface area contributed by atoms with Crippen molar-refractivity contribution in [1.29, 1.82) is 0 Å². The summed E-state index contributed by atoms with van der Waals surface area (Å²) in [6.07, 6.45) is 1.99. The average Bonchev–Trinajstić information content (AvgIpc) is 2.42. The van der Waals surface area contributed by atoms with Crippen molar-refractivity contribution in [3.63, 3.8) is 0 Å². The van der Waals surface area contributed by atoms with Gasteiger partial charge in [0, 0.05) is 11.8 Å². The molecule has 0 bridgehead atoms. The van der Waals surface area contributed by atoms with Crippen LogP contribution in [-0.2, 0) is 14.3 Å². The first kappa shape index (κ1) is 15.4. The molecule has 0 saturated carbocycles. The van der Waals surface area contributed by atoms with E-state index in [1.807, 2.05) is 30.5 Å². The van der Waals surface area contributed by atoms with Crippen LogP contribution < -0.4 is 10.1 Å². The molecule has 1 amide bonds. The van der Waals surface area contributed by atoms with E-state index < -0.39 is 12.0 Å². The molecule has 5 nitrogen and oxygen atoms in total. The lowest BCUT2D eigenvalue weighted by atomic mass is 10.3. The van der Waals surface area contributed by atoms with Crippen molar-refractivity contribution in [2.45, 2.75) is 17.9 Å². The van der Waals surface area contributed by atoms with E-state index in [9.17, 15) is 9.59 Å². The second-order valence-electron chi connectivity index (χ2n) is 3.76. The van der Waals surface area contributed by atoms with Gasteiger partial charge in [-0.1, -0.05) is 0 Å². The standard InChI is InChI=1S/C13H17NO4S/c1-9(15)14-12(13(16)17-2)8-18-10-4-6-11(19-3)7-5-10/h4-7,12H,8H2,1-3H3,(H,14,15). The summed E-state index contributed by atoms with van der Waals surface area (Å²) in [5.74, 6) is -0.204. The Balaban J connectivity index is 2.59. The number of carbonyl (C=O) groups excluding carboxylic acids is 2. The van der Waals surface area contributed by atoms with Crippen molar-refractivity contribution in [1.82, 2.24) is 5.32 Å². The molecule has 19 heavy (non-hydrogen) atoms. The molecule has 1 N–H and O–H groups in total. The fraction of sp³-hybridized carbons (Fsp3) is 0.385. The zero-order valence-corrected chi connectivity index (χ0v) is 12.0. The molecule has 0 heterocycles. The minimum atomic E-state index is -0.803. The van der Waals surface area contributed by atoms with Crippen LogP contribution in [0.25, 0.3) is 0 Å². The molecule has 0 aliphatic heterocycles. The van der Waals surface area contributed by atoms with E-state index in [1.54, 1.807) is 11.8 Å². The third-order valence-corrected chi connectivity index (χ3v) is 3.08. The Labute approximate surface area is 116 Å². The second-order valence-corrected chi connectivity index (χ2v) is 4.64. The molecule has 1 aromatic rings. The van der Waals surface area contributed by atoms with Crippen LogP contribution >= 0.6 is 11.8 Å². The molecule has 1 unspecified atom stereocenters. The first-order chi connectivity index (χ1) is 9.06. The summed E-state index contributed by atoms with van der Waals surface area (Å²) in [7, 11) is 1.27. The number of hydrogen-bond acceptors (Lipinski definition) is 5. The molecular weight excluding hydrogens is 266 g/mol. The van der Waals surface area contributed by atoms with E-state index in [2.05, 4.69) is 10.1 Å². The number of nitrogens with one attached hydrogen (secondary N) is 1. The second kappa shape index (κ2) is 7.68. The van der Waals surface area contributed by atoms with Gasteiger partial charge in [-0.2, -0.15) is 0 Å². The number of amides is 1. The Morgan fingerprint density at radius 2 is 1.95 bits per heavy atom. The van der Waals surface area contributed by atoms with Crippen LogP contribution in [0.2, 0.25) is 0 Å². The SMILES string of the molecule is COC(=O)C(COc1ccc(SC)cc1)NC(C)=O. The summed E-state index contributed by atoms with van der Waals surface area (Å²) >= 11 is 1.63. The molecule has 0 aromatic heterocycles. The zero-order valence-electron chi connectivity index (χ0n) is 11.1. The minimum Gasteiger partial charge on any atom is -0.491 e. The highest BCUT2D eigenvalue weighted by molar-refractivity contribution is 7.98. The number of rotatable bonds is 6. The van der Waals surface area contributed by atoms with Crippen molar-refractivity contribution in [2.24, 2.45) is 0 Å². The van der Waals surface area contributed by atoms with Crippen LogP contribution in [0.1, 0.15) is 6.92 Å². The maximum atomic E-state index is 11.4. The smallest absolute Gasteiger partial charge is 0.331 e. The van der Waals surface area contributed by atoms with E-state index in [0.717, 1.165) is 4.90 Å². The minimum absolute atomic E-state index is 0.0326. The van der Waals surface area contributed by atoms with E-state index >= 15 is 0 Å². The number of methoxy groups -OCH3 is 1. The quantitative estimate of drug-likeness (QED) is 0.632. The predicted octanol–water partition coefficient (Wildman–Crippen LogP) is 1.46. The van der Waals surface area contributed by atoms with E-state index in [0.29, 0.717) is 5.75 Å². The maximum absolute atomic E-state index is 11.4. The fourth-order valence-corrected chi connectivity index (χ4v) is 1.82. The van der Waals surface area contributed by atoms with Gasteiger partial charge in [0.05, 0.1) is 7.11 Å². The molecule has 0 radical (unpaired) electrons. The largest absolute Gasteiger partial charge is 0.491 e. The Bertz CT molecular complexity index is 433. The molecule has 104 valence electrons. The van der Waals surface area contributed by atoms with Gasteiger partial charge in [-0.25, -0.2) is 4.79 Å². The first-order valence-corrected chi connectivity index (χ1v) is 6.91. The normalized spacial score (nSPS) is 11.5. The van der Waals surface area contributed by atoms with Gasteiger partial charge < -0.3 is 14.8 Å². The summed E-state index contributed by atoms with van der Waals surface area (Å²) in [6, 6.07) is 6.67. The molecule has 1 aromatic carbocycles. The van der Waals surface area contributed by atoms with Gasteiger partial charge in [0.15, 0.2) is 6.04 Å². The van der Waals surface area contributed by atoms with Gasteiger partial charge >= 0.3 is 5.97 Å². The molecular formula is C13H17NO4S. The molecule has 6 heteroatoms. The van der Waals surface area contributed by atoms with Crippen molar-refractivity contribution < 1.29 is 19.1 Å². The fourth-order valence-electron chi connectivity index (χ4n) is 1.41. The third-order valence-electron chi connectivity index (χ3n) is 2.34. The van der Waals surface area contributed by atoms with Gasteiger partial charge in [-0.3, -0.25) is 4.79 Å². The van der Waals surface area contributed by atoms with Crippen LogP contribution in [0.15, 0.2) is 29.2 Å². The van der Waals surface area contributed by atoms with Crippen LogP contribution in [0, 0.1) is 0 Å². The van der Waals surface area contributed by atoms with Gasteiger partial charge in [-0.05, 0) is 30.5 Å². The predicted molar refractivity (Wildman–Crippen MR) is 73.3 cm³/mol. The summed E-state index contributed by atoms with van der Waals surface area (Å²) < 4.78 is 10.1. The number of thioether (sulfide) groups is 1. The Morgan fingerprint density at radius 1 is 1.32 bits per heavy atom. The summed E-state index contributed by atoms with van der Waals surface area (Å²) in [4.78, 5) is 23.6. The van der Waals surface area contributed by atoms with Crippen molar-refractivity contribution in [3.05, 3.63) is 24.3 Å². The summed E-state index contributed by atoms with van der Waals surface area (Å²) in [6.45, 7) is 1.37. The van der Waals surface area contributed by atoms with Crippen molar-refractivity contribution >= 4 is 23.6 Å². The highest BCUT2D eigenvalue weighted by atomic mass is 32.2. The molecule has 0 fully saturated rings. The number of esters is 1. The van der Waals surface area contributed by atoms with E-state index in [-0.39, 0.29) is 12.5 Å². The molecule has 0 saturated heterocycles. The lowest BCUT2D eigenvalue weighted by Crippen LogP contribution is -2.44. The maximum Gasteiger partial charge on any atom is 0.331 e. The Kier molecular flexibility index (Phi) is 6.21. The van der Waals surface area contributed by atoms with Gasteiger partial charge in [0.25, 0.3) is 0 Å². The average molecular weight is 283 g/mol. The lowest BCUT2D eigenvalue weighted by molar-refractivity contribution is -0.145. The molecule has 0 aliphatic rings. The van der Waals surface area contributed by atoms with E-state index in [1.165, 1.54) is 14.0 Å². The third kappa shape index (κ3) is 5.21. The Hall–Kier alpha value is -1.69. The summed E-state index contributed by atoms with van der Waals surface area (Å²) in [5.41, 5.74) is 0. The lowest BCUT2D eigenvalue weighted by Gasteiger charge is -2.16. The summed E-state index contributed by atoms with van der Waals surface area (Å²) in [5, 5.41) is 2.48. The number of ether oxygens (including phenoxy) is 2. The Morgan fingerprint density at radius 3 is 2.42 bits per heavy atom. The monoisotopic (exact) mass is 283 g/mol. The van der Waals surface area contributed by atoms with Crippen LogP contribution in [0.3, 0.4) is 0 Å². The molecule has 0 aliphatic carbocycles. The highest BCUT2D eigenvalue weighted by Crippen LogP contribution is 2.19. The number of hydrogen-bond donors (Lipinski definition) is 1. The number of carbonyl (C=O) groups is 2. The van der Waals surface area contributed by atoms with Gasteiger partial charge in [-0.15, -0.1) is 11.8 Å². The highest BCUT2D eigenvalue weighted by Gasteiger charge is 2.20.